The molecular weight excluding hydrogens is 238 g/mol. The predicted molar refractivity (Wildman–Crippen MR) is 64.0 cm³/mol. The highest BCUT2D eigenvalue weighted by atomic mass is 32.2. The van der Waals surface area contributed by atoms with E-state index in [0.717, 1.165) is 24.0 Å². The van der Waals surface area contributed by atoms with Crippen LogP contribution in [0.1, 0.15) is 24.0 Å². The lowest BCUT2D eigenvalue weighted by Gasteiger charge is -2.08. The molecule has 2 rings (SSSR count). The van der Waals surface area contributed by atoms with E-state index in [9.17, 15) is 13.2 Å². The first-order valence-corrected chi connectivity index (χ1v) is 7.37. The van der Waals surface area contributed by atoms with Gasteiger partial charge in [0.2, 0.25) is 6.08 Å². The van der Waals surface area contributed by atoms with Gasteiger partial charge in [0.1, 0.15) is 0 Å². The molecule has 0 amide bonds. The van der Waals surface area contributed by atoms with Crippen molar-refractivity contribution in [1.29, 1.82) is 0 Å². The topological polar surface area (TPSA) is 63.6 Å². The van der Waals surface area contributed by atoms with Gasteiger partial charge in [0.15, 0.2) is 9.84 Å². The van der Waals surface area contributed by atoms with Crippen LogP contribution in [0.4, 0.5) is 0 Å². The first-order chi connectivity index (χ1) is 7.95. The summed E-state index contributed by atoms with van der Waals surface area (Å²) in [5, 5.41) is 0. The molecule has 0 N–H and O–H groups in total. The summed E-state index contributed by atoms with van der Waals surface area (Å²) in [5.74, 6) is 0.0389. The second kappa shape index (κ2) is 4.09. The average Bonchev–Trinajstić information content (AvgIpc) is 2.98. The van der Waals surface area contributed by atoms with Gasteiger partial charge in [-0.3, -0.25) is 0 Å². The van der Waals surface area contributed by atoms with E-state index < -0.39 is 9.84 Å². The van der Waals surface area contributed by atoms with Crippen LogP contribution in [0.5, 0.6) is 0 Å². The summed E-state index contributed by atoms with van der Waals surface area (Å²) < 4.78 is 22.3. The molecular formula is C12H13NO3S. The first kappa shape index (κ1) is 12.0. The van der Waals surface area contributed by atoms with Crippen LogP contribution in [0.25, 0.3) is 0 Å². The lowest BCUT2D eigenvalue weighted by molar-refractivity contribution is 0.556. The minimum Gasteiger partial charge on any atom is -0.229 e. The van der Waals surface area contributed by atoms with E-state index in [0.29, 0.717) is 0 Å². The Labute approximate surface area is 100 Å². The van der Waals surface area contributed by atoms with Crippen molar-refractivity contribution < 1.29 is 13.2 Å². The molecule has 1 saturated carbocycles. The minimum atomic E-state index is -3.01. The van der Waals surface area contributed by atoms with E-state index >= 15 is 0 Å². The number of hydrogen-bond acceptors (Lipinski definition) is 4. The van der Waals surface area contributed by atoms with Crippen molar-refractivity contribution in [2.24, 2.45) is 4.99 Å². The van der Waals surface area contributed by atoms with Gasteiger partial charge >= 0.3 is 0 Å². The van der Waals surface area contributed by atoms with Crippen molar-refractivity contribution in [2.75, 3.05) is 6.26 Å². The maximum atomic E-state index is 11.1. The number of hydrogen-bond donors (Lipinski definition) is 0. The zero-order chi connectivity index (χ0) is 12.5. The van der Waals surface area contributed by atoms with E-state index in [1.54, 1.807) is 18.2 Å². The highest BCUT2D eigenvalue weighted by Crippen LogP contribution is 2.49. The van der Waals surface area contributed by atoms with Gasteiger partial charge < -0.3 is 0 Å². The predicted octanol–water partition coefficient (Wildman–Crippen LogP) is 1.56. The van der Waals surface area contributed by atoms with Crippen molar-refractivity contribution in [3.05, 3.63) is 35.4 Å². The highest BCUT2D eigenvalue weighted by Gasteiger charge is 2.44. The molecule has 5 heteroatoms. The molecule has 1 aromatic carbocycles. The van der Waals surface area contributed by atoms with Crippen molar-refractivity contribution in [3.63, 3.8) is 0 Å². The van der Waals surface area contributed by atoms with E-state index in [-0.39, 0.29) is 11.3 Å². The van der Waals surface area contributed by atoms with Crippen LogP contribution in [-0.4, -0.2) is 20.8 Å². The molecule has 1 aromatic rings. The lowest BCUT2D eigenvalue weighted by atomic mass is 10.0. The summed E-state index contributed by atoms with van der Waals surface area (Å²) in [6, 6.07) is 7.23. The van der Waals surface area contributed by atoms with Crippen LogP contribution < -0.4 is 0 Å². The Hall–Kier alpha value is -1.45. The molecule has 1 aliphatic carbocycles. The van der Waals surface area contributed by atoms with Gasteiger partial charge in [-0.25, -0.2) is 13.2 Å². The number of benzene rings is 1. The third kappa shape index (κ3) is 2.81. The molecule has 0 heterocycles. The lowest BCUT2D eigenvalue weighted by Crippen LogP contribution is -2.04. The van der Waals surface area contributed by atoms with E-state index in [1.165, 1.54) is 6.26 Å². The summed E-state index contributed by atoms with van der Waals surface area (Å²) in [6.07, 6.45) is 4.52. The van der Waals surface area contributed by atoms with Crippen LogP contribution >= 0.6 is 0 Å². The molecule has 0 unspecified atom stereocenters. The van der Waals surface area contributed by atoms with Gasteiger partial charge in [-0.2, -0.15) is 4.99 Å². The van der Waals surface area contributed by atoms with Gasteiger partial charge in [0.25, 0.3) is 0 Å². The number of rotatable bonds is 4. The largest absolute Gasteiger partial charge is 0.235 e. The Morgan fingerprint density at radius 2 is 1.88 bits per heavy atom. The van der Waals surface area contributed by atoms with E-state index in [4.69, 9.17) is 0 Å². The molecule has 4 nitrogen and oxygen atoms in total. The number of isocyanates is 1. The Kier molecular flexibility index (Phi) is 2.89. The first-order valence-electron chi connectivity index (χ1n) is 5.31. The van der Waals surface area contributed by atoms with Gasteiger partial charge in [-0.1, -0.05) is 24.3 Å². The fourth-order valence-corrected chi connectivity index (χ4v) is 2.68. The molecule has 0 aliphatic heterocycles. The molecule has 17 heavy (non-hydrogen) atoms. The summed E-state index contributed by atoms with van der Waals surface area (Å²) in [4.78, 5) is 14.1. The molecule has 1 fully saturated rings. The summed E-state index contributed by atoms with van der Waals surface area (Å²) in [6.45, 7) is 0. The fraction of sp³-hybridized carbons (Fsp3) is 0.417. The molecule has 0 aromatic heterocycles. The zero-order valence-corrected chi connectivity index (χ0v) is 10.3. The quantitative estimate of drug-likeness (QED) is 0.602. The van der Waals surface area contributed by atoms with Crippen LogP contribution in [0.15, 0.2) is 29.3 Å². The van der Waals surface area contributed by atoms with Gasteiger partial charge in [-0.05, 0) is 24.0 Å². The third-order valence-electron chi connectivity index (χ3n) is 2.90. The molecule has 90 valence electrons. The normalized spacial score (nSPS) is 17.2. The Bertz CT molecular complexity index is 564. The minimum absolute atomic E-state index is 0.0389. The summed E-state index contributed by atoms with van der Waals surface area (Å²) in [7, 11) is -3.01. The Balaban J connectivity index is 2.22. The Morgan fingerprint density at radius 3 is 2.29 bits per heavy atom. The molecule has 0 saturated heterocycles. The highest BCUT2D eigenvalue weighted by molar-refractivity contribution is 7.89. The van der Waals surface area contributed by atoms with E-state index in [2.05, 4.69) is 4.99 Å². The van der Waals surface area contributed by atoms with Crippen molar-refractivity contribution in [2.45, 2.75) is 24.1 Å². The maximum absolute atomic E-state index is 11.1. The van der Waals surface area contributed by atoms with Crippen LogP contribution in [0.3, 0.4) is 0 Å². The number of sulfone groups is 1. The second-order valence-electron chi connectivity index (χ2n) is 4.50. The van der Waals surface area contributed by atoms with Crippen LogP contribution in [-0.2, 0) is 25.9 Å². The maximum Gasteiger partial charge on any atom is 0.235 e. The molecule has 0 atom stereocenters. The smallest absolute Gasteiger partial charge is 0.229 e. The monoisotopic (exact) mass is 251 g/mol. The van der Waals surface area contributed by atoms with Crippen molar-refractivity contribution in [3.8, 4) is 0 Å². The van der Waals surface area contributed by atoms with Crippen molar-refractivity contribution in [1.82, 2.24) is 0 Å². The number of carbonyl (C=O) groups excluding carboxylic acids is 1. The van der Waals surface area contributed by atoms with Crippen molar-refractivity contribution >= 4 is 15.9 Å². The zero-order valence-electron chi connectivity index (χ0n) is 9.51. The summed E-state index contributed by atoms with van der Waals surface area (Å²) in [5.41, 5.74) is 1.32. The third-order valence-corrected chi connectivity index (χ3v) is 3.76. The second-order valence-corrected chi connectivity index (χ2v) is 6.64. The molecule has 1 aliphatic rings. The standard InChI is InChI=1S/C12H13NO3S/c1-17(15,16)8-10-2-4-11(5-3-10)12(6-7-12)13-9-14/h2-5H,6-8H2,1H3. The molecule has 0 bridgehead atoms. The summed E-state index contributed by atoms with van der Waals surface area (Å²) >= 11 is 0. The van der Waals surface area contributed by atoms with Gasteiger partial charge in [-0.15, -0.1) is 0 Å². The fourth-order valence-electron chi connectivity index (χ4n) is 1.88. The SMILES string of the molecule is CS(=O)(=O)Cc1ccc(C2(N=C=O)CC2)cc1. The number of aliphatic imine (C=N–C) groups is 1. The number of nitrogens with zero attached hydrogens (tertiary/aromatic N) is 1. The Morgan fingerprint density at radius 1 is 1.29 bits per heavy atom. The molecule has 0 spiro atoms. The average molecular weight is 251 g/mol. The van der Waals surface area contributed by atoms with Gasteiger partial charge in [0.05, 0.1) is 11.3 Å². The van der Waals surface area contributed by atoms with Crippen LogP contribution in [0.2, 0.25) is 0 Å². The van der Waals surface area contributed by atoms with E-state index in [1.807, 2.05) is 12.1 Å². The van der Waals surface area contributed by atoms with Gasteiger partial charge in [0, 0.05) is 6.26 Å². The van der Waals surface area contributed by atoms with Crippen LogP contribution in [0, 0.1) is 0 Å². The molecule has 0 radical (unpaired) electrons.